The van der Waals surface area contributed by atoms with Crippen molar-refractivity contribution in [1.29, 1.82) is 0 Å². The summed E-state index contributed by atoms with van der Waals surface area (Å²) in [7, 11) is 0. The maximum Gasteiger partial charge on any atom is 0.137 e. The monoisotopic (exact) mass is 263 g/mol. The number of aromatic nitrogens is 2. The Morgan fingerprint density at radius 1 is 1.33 bits per heavy atom. The first-order valence-electron chi connectivity index (χ1n) is 6.52. The van der Waals surface area contributed by atoms with Gasteiger partial charge in [-0.1, -0.05) is 6.42 Å². The number of pyridine rings is 1. The number of fused-ring (bicyclic) bond motifs is 1. The molecule has 0 atom stereocenters. The molecule has 0 radical (unpaired) electrons. The van der Waals surface area contributed by atoms with Crippen molar-refractivity contribution in [3.8, 4) is 0 Å². The van der Waals surface area contributed by atoms with E-state index in [0.717, 1.165) is 18.7 Å². The normalized spacial score (nSPS) is 11.2. The van der Waals surface area contributed by atoms with Crippen LogP contribution in [0.2, 0.25) is 0 Å². The fourth-order valence-corrected chi connectivity index (χ4v) is 2.55. The fraction of sp³-hybridized carbons (Fsp3) is 0.500. The first kappa shape index (κ1) is 13.4. The molecule has 0 aliphatic rings. The van der Waals surface area contributed by atoms with Gasteiger partial charge >= 0.3 is 0 Å². The molecule has 18 heavy (non-hydrogen) atoms. The van der Waals surface area contributed by atoms with Crippen molar-refractivity contribution in [3.63, 3.8) is 0 Å². The molecule has 2 aromatic rings. The van der Waals surface area contributed by atoms with Crippen molar-refractivity contribution in [3.05, 3.63) is 30.1 Å². The Morgan fingerprint density at radius 3 is 3.17 bits per heavy atom. The number of thioether (sulfide) groups is 1. The van der Waals surface area contributed by atoms with Crippen LogP contribution >= 0.6 is 11.8 Å². The Balaban J connectivity index is 1.70. The highest BCUT2D eigenvalue weighted by molar-refractivity contribution is 7.98. The smallest absolute Gasteiger partial charge is 0.137 e. The van der Waals surface area contributed by atoms with Crippen LogP contribution in [0.15, 0.2) is 24.5 Å². The largest absolute Gasteiger partial charge is 0.346 e. The molecule has 4 heteroatoms. The van der Waals surface area contributed by atoms with Crippen molar-refractivity contribution in [2.24, 2.45) is 0 Å². The zero-order chi connectivity index (χ0) is 12.6. The Labute approximate surface area is 113 Å². The Kier molecular flexibility index (Phi) is 5.55. The van der Waals surface area contributed by atoms with Crippen molar-refractivity contribution >= 4 is 22.8 Å². The van der Waals surface area contributed by atoms with Crippen molar-refractivity contribution in [2.75, 3.05) is 18.6 Å². The molecule has 3 nitrogen and oxygen atoms in total. The third-order valence-corrected chi connectivity index (χ3v) is 3.75. The van der Waals surface area contributed by atoms with Gasteiger partial charge in [0.15, 0.2) is 0 Å². The van der Waals surface area contributed by atoms with Gasteiger partial charge in [-0.25, -0.2) is 4.98 Å². The van der Waals surface area contributed by atoms with Crippen LogP contribution in [0.3, 0.4) is 0 Å². The van der Waals surface area contributed by atoms with Gasteiger partial charge in [-0.05, 0) is 49.1 Å². The lowest BCUT2D eigenvalue weighted by Crippen LogP contribution is -2.14. The minimum absolute atomic E-state index is 0.925. The van der Waals surface area contributed by atoms with E-state index >= 15 is 0 Å². The van der Waals surface area contributed by atoms with E-state index in [4.69, 9.17) is 0 Å². The molecule has 2 N–H and O–H groups in total. The molecule has 2 rings (SSSR count). The fourth-order valence-electron chi connectivity index (χ4n) is 2.06. The highest BCUT2D eigenvalue weighted by Gasteiger charge is 2.02. The summed E-state index contributed by atoms with van der Waals surface area (Å²) < 4.78 is 0. The Hall–Kier alpha value is -1.00. The minimum atomic E-state index is 0.925. The lowest BCUT2D eigenvalue weighted by atomic mass is 10.2. The van der Waals surface area contributed by atoms with E-state index in [0.29, 0.717) is 0 Å². The molecule has 0 saturated carbocycles. The van der Waals surface area contributed by atoms with Crippen molar-refractivity contribution in [2.45, 2.75) is 25.8 Å². The number of hydrogen-bond acceptors (Lipinski definition) is 3. The van der Waals surface area contributed by atoms with E-state index < -0.39 is 0 Å². The summed E-state index contributed by atoms with van der Waals surface area (Å²) in [5.41, 5.74) is 2.29. The molecule has 98 valence electrons. The molecule has 0 aliphatic carbocycles. The van der Waals surface area contributed by atoms with Gasteiger partial charge in [-0.2, -0.15) is 11.8 Å². The van der Waals surface area contributed by atoms with Crippen LogP contribution in [0.25, 0.3) is 11.0 Å². The van der Waals surface area contributed by atoms with Gasteiger partial charge in [0.25, 0.3) is 0 Å². The zero-order valence-electron chi connectivity index (χ0n) is 10.9. The van der Waals surface area contributed by atoms with E-state index in [2.05, 4.69) is 33.8 Å². The molecular weight excluding hydrogens is 242 g/mol. The second kappa shape index (κ2) is 7.44. The number of rotatable bonds is 8. The van der Waals surface area contributed by atoms with Crippen molar-refractivity contribution < 1.29 is 0 Å². The molecule has 0 spiro atoms. The first-order chi connectivity index (χ1) is 8.92. The number of unbranched alkanes of at least 4 members (excludes halogenated alkanes) is 2. The van der Waals surface area contributed by atoms with Gasteiger partial charge in [0.2, 0.25) is 0 Å². The number of nitrogens with one attached hydrogen (secondary N) is 2. The van der Waals surface area contributed by atoms with Crippen LogP contribution in [-0.4, -0.2) is 28.5 Å². The van der Waals surface area contributed by atoms with Gasteiger partial charge in [0.05, 0.1) is 0 Å². The summed E-state index contributed by atoms with van der Waals surface area (Å²) in [4.78, 5) is 7.50. The molecule has 0 fully saturated rings. The number of aromatic amines is 1. The summed E-state index contributed by atoms with van der Waals surface area (Å²) in [6.07, 6.45) is 9.97. The maximum atomic E-state index is 4.29. The van der Waals surface area contributed by atoms with Gasteiger partial charge in [-0.3, -0.25) is 0 Å². The first-order valence-corrected chi connectivity index (χ1v) is 7.92. The van der Waals surface area contributed by atoms with E-state index in [-0.39, 0.29) is 0 Å². The van der Waals surface area contributed by atoms with E-state index in [1.54, 1.807) is 0 Å². The molecule has 0 aliphatic heterocycles. The lowest BCUT2D eigenvalue weighted by Gasteiger charge is -2.03. The predicted molar refractivity (Wildman–Crippen MR) is 80.0 cm³/mol. The van der Waals surface area contributed by atoms with Crippen molar-refractivity contribution in [1.82, 2.24) is 15.3 Å². The average molecular weight is 263 g/mol. The Bertz CT molecular complexity index is 467. The molecule has 0 bridgehead atoms. The molecule has 2 heterocycles. The highest BCUT2D eigenvalue weighted by atomic mass is 32.2. The third-order valence-electron chi connectivity index (χ3n) is 3.05. The number of nitrogens with zero attached hydrogens (tertiary/aromatic N) is 1. The molecular formula is C14H21N3S. The van der Waals surface area contributed by atoms with E-state index in [1.807, 2.05) is 24.0 Å². The maximum absolute atomic E-state index is 4.29. The SMILES string of the molecule is CSCCCCCNCc1c[nH]c2ncccc12. The topological polar surface area (TPSA) is 40.7 Å². The van der Waals surface area contributed by atoms with E-state index in [1.165, 1.54) is 36.0 Å². The summed E-state index contributed by atoms with van der Waals surface area (Å²) in [5.74, 6) is 1.29. The summed E-state index contributed by atoms with van der Waals surface area (Å²) in [5, 5.41) is 4.73. The minimum Gasteiger partial charge on any atom is -0.346 e. The summed E-state index contributed by atoms with van der Waals surface area (Å²) >= 11 is 1.93. The summed E-state index contributed by atoms with van der Waals surface area (Å²) in [6, 6.07) is 4.11. The van der Waals surface area contributed by atoms with Gasteiger partial charge in [0.1, 0.15) is 5.65 Å². The van der Waals surface area contributed by atoms with Crippen LogP contribution < -0.4 is 5.32 Å². The Morgan fingerprint density at radius 2 is 2.28 bits per heavy atom. The van der Waals surface area contributed by atoms with Crippen LogP contribution in [0.4, 0.5) is 0 Å². The standard InChI is InChI=1S/C14H21N3S/c1-18-9-4-2-3-7-15-10-12-11-17-14-13(12)6-5-8-16-14/h5-6,8,11,15H,2-4,7,9-10H2,1H3,(H,16,17). The van der Waals surface area contributed by atoms with Crippen LogP contribution in [-0.2, 0) is 6.54 Å². The summed E-state index contributed by atoms with van der Waals surface area (Å²) in [6.45, 7) is 2.02. The zero-order valence-corrected chi connectivity index (χ0v) is 11.7. The average Bonchev–Trinajstić information content (AvgIpc) is 2.81. The van der Waals surface area contributed by atoms with Gasteiger partial charge in [0, 0.05) is 24.3 Å². The molecule has 0 unspecified atom stereocenters. The third kappa shape index (κ3) is 3.75. The lowest BCUT2D eigenvalue weighted by molar-refractivity contribution is 0.620. The molecule has 0 amide bonds. The molecule has 0 aromatic carbocycles. The molecule has 0 saturated heterocycles. The van der Waals surface area contributed by atoms with Gasteiger partial charge < -0.3 is 10.3 Å². The second-order valence-corrected chi connectivity index (χ2v) is 5.43. The number of hydrogen-bond donors (Lipinski definition) is 2. The van der Waals surface area contributed by atoms with E-state index in [9.17, 15) is 0 Å². The molecule has 2 aromatic heterocycles. The number of H-pyrrole nitrogens is 1. The van der Waals surface area contributed by atoms with Crippen LogP contribution in [0.5, 0.6) is 0 Å². The quantitative estimate of drug-likeness (QED) is 0.719. The second-order valence-electron chi connectivity index (χ2n) is 4.44. The highest BCUT2D eigenvalue weighted by Crippen LogP contribution is 2.15. The van der Waals surface area contributed by atoms with Gasteiger partial charge in [-0.15, -0.1) is 0 Å². The predicted octanol–water partition coefficient (Wildman–Crippen LogP) is 3.19. The van der Waals surface area contributed by atoms with Crippen LogP contribution in [0.1, 0.15) is 24.8 Å². The van der Waals surface area contributed by atoms with Crippen LogP contribution in [0, 0.1) is 0 Å².